The molecule has 1 unspecified atom stereocenters. The van der Waals surface area contributed by atoms with E-state index in [-0.39, 0.29) is 11.9 Å². The van der Waals surface area contributed by atoms with Gasteiger partial charge in [-0.3, -0.25) is 0 Å². The monoisotopic (exact) mass is 174 g/mol. The van der Waals surface area contributed by atoms with Gasteiger partial charge in [0.2, 0.25) is 0 Å². The highest BCUT2D eigenvalue weighted by Crippen LogP contribution is 1.96. The first-order valence-corrected chi connectivity index (χ1v) is 3.60. The molecule has 0 aliphatic rings. The average molecular weight is 174 g/mol. The number of methoxy groups -OCH3 is 2. The van der Waals surface area contributed by atoms with Crippen molar-refractivity contribution in [2.45, 2.75) is 13.0 Å². The summed E-state index contributed by atoms with van der Waals surface area (Å²) in [6, 6.07) is 0. The third kappa shape index (κ3) is 4.91. The predicted octanol–water partition coefficient (Wildman–Crippen LogP) is 0.400. The molecule has 0 saturated heterocycles. The Bertz CT molecular complexity index is 160. The van der Waals surface area contributed by atoms with Gasteiger partial charge in [-0.15, -0.1) is 0 Å². The summed E-state index contributed by atoms with van der Waals surface area (Å²) in [5.41, 5.74) is 0. The molecule has 0 rings (SSSR count). The van der Waals surface area contributed by atoms with Crippen molar-refractivity contribution < 1.29 is 19.0 Å². The SMILES string of the molecule is COCC(COC(C)=C=O)OC. The van der Waals surface area contributed by atoms with Crippen molar-refractivity contribution >= 4 is 5.94 Å². The zero-order valence-corrected chi connectivity index (χ0v) is 7.62. The lowest BCUT2D eigenvalue weighted by molar-refractivity contribution is -0.0137. The van der Waals surface area contributed by atoms with Crippen LogP contribution in [0.5, 0.6) is 0 Å². The molecular formula is C8H14O4. The van der Waals surface area contributed by atoms with Crippen molar-refractivity contribution in [2.75, 3.05) is 27.4 Å². The second-order valence-corrected chi connectivity index (χ2v) is 2.28. The lowest BCUT2D eigenvalue weighted by Crippen LogP contribution is -2.23. The maximum absolute atomic E-state index is 10.0. The van der Waals surface area contributed by atoms with E-state index in [9.17, 15) is 4.79 Å². The number of rotatable bonds is 6. The van der Waals surface area contributed by atoms with E-state index < -0.39 is 0 Å². The van der Waals surface area contributed by atoms with Crippen LogP contribution >= 0.6 is 0 Å². The maximum Gasteiger partial charge on any atom is 0.176 e. The van der Waals surface area contributed by atoms with Gasteiger partial charge in [0.15, 0.2) is 11.7 Å². The quantitative estimate of drug-likeness (QED) is 0.432. The number of hydrogen-bond acceptors (Lipinski definition) is 4. The molecule has 0 N–H and O–H groups in total. The van der Waals surface area contributed by atoms with E-state index >= 15 is 0 Å². The predicted molar refractivity (Wildman–Crippen MR) is 43.5 cm³/mol. The first kappa shape index (κ1) is 11.2. The lowest BCUT2D eigenvalue weighted by Gasteiger charge is -2.13. The summed E-state index contributed by atoms with van der Waals surface area (Å²) < 4.78 is 14.8. The van der Waals surface area contributed by atoms with E-state index in [0.717, 1.165) is 0 Å². The molecule has 4 nitrogen and oxygen atoms in total. The second-order valence-electron chi connectivity index (χ2n) is 2.28. The average Bonchev–Trinajstić information content (AvgIpc) is 2.11. The fourth-order valence-electron chi connectivity index (χ4n) is 0.617. The van der Waals surface area contributed by atoms with Gasteiger partial charge in [-0.1, -0.05) is 0 Å². The van der Waals surface area contributed by atoms with Crippen molar-refractivity contribution in [1.82, 2.24) is 0 Å². The Morgan fingerprint density at radius 1 is 1.42 bits per heavy atom. The Hall–Kier alpha value is -0.830. The summed E-state index contributed by atoms with van der Waals surface area (Å²) in [5.74, 6) is 1.86. The molecule has 0 amide bonds. The van der Waals surface area contributed by atoms with Crippen molar-refractivity contribution in [1.29, 1.82) is 0 Å². The number of hydrogen-bond donors (Lipinski definition) is 0. The zero-order chi connectivity index (χ0) is 9.40. The molecule has 0 saturated carbocycles. The summed E-state index contributed by atoms with van der Waals surface area (Å²) in [7, 11) is 3.14. The molecule has 0 aromatic carbocycles. The molecule has 0 radical (unpaired) electrons. The highest BCUT2D eigenvalue weighted by atomic mass is 16.5. The van der Waals surface area contributed by atoms with Crippen LogP contribution in [0.4, 0.5) is 0 Å². The van der Waals surface area contributed by atoms with Crippen LogP contribution in [0.3, 0.4) is 0 Å². The Balaban J connectivity index is 3.64. The Kier molecular flexibility index (Phi) is 6.38. The van der Waals surface area contributed by atoms with Crippen molar-refractivity contribution in [3.05, 3.63) is 5.76 Å². The summed E-state index contributed by atoms with van der Waals surface area (Å²) in [6.45, 7) is 2.31. The van der Waals surface area contributed by atoms with Gasteiger partial charge in [-0.25, -0.2) is 4.79 Å². The first-order chi connectivity index (χ1) is 5.74. The lowest BCUT2D eigenvalue weighted by atomic mass is 10.4. The largest absolute Gasteiger partial charge is 0.484 e. The molecule has 0 fully saturated rings. The number of ether oxygens (including phenoxy) is 3. The first-order valence-electron chi connectivity index (χ1n) is 3.60. The molecule has 0 heterocycles. The molecule has 12 heavy (non-hydrogen) atoms. The van der Waals surface area contributed by atoms with Crippen LogP contribution in [0.1, 0.15) is 6.92 Å². The molecule has 70 valence electrons. The Morgan fingerprint density at radius 3 is 2.50 bits per heavy atom. The van der Waals surface area contributed by atoms with Crippen LogP contribution in [-0.2, 0) is 19.0 Å². The van der Waals surface area contributed by atoms with E-state index in [1.807, 2.05) is 0 Å². The number of carbonyl (C=O) groups excluding carboxylic acids is 1. The van der Waals surface area contributed by atoms with Crippen LogP contribution in [-0.4, -0.2) is 39.5 Å². The standard InChI is InChI=1S/C8H14O4/c1-7(4-9)12-6-8(11-3)5-10-2/h8H,5-6H2,1-3H3. The molecule has 1 atom stereocenters. The molecule has 0 bridgehead atoms. The van der Waals surface area contributed by atoms with Crippen molar-refractivity contribution in [3.8, 4) is 0 Å². The molecule has 4 heteroatoms. The summed E-state index contributed by atoms with van der Waals surface area (Å²) in [4.78, 5) is 10.0. The molecule has 0 aliphatic heterocycles. The Morgan fingerprint density at radius 2 is 2.08 bits per heavy atom. The Labute approximate surface area is 72.1 Å². The zero-order valence-electron chi connectivity index (χ0n) is 7.62. The van der Waals surface area contributed by atoms with Gasteiger partial charge in [0.25, 0.3) is 0 Å². The van der Waals surface area contributed by atoms with Crippen molar-refractivity contribution in [2.24, 2.45) is 0 Å². The van der Waals surface area contributed by atoms with Gasteiger partial charge < -0.3 is 14.2 Å². The van der Waals surface area contributed by atoms with Gasteiger partial charge in [0, 0.05) is 21.1 Å². The van der Waals surface area contributed by atoms with Crippen LogP contribution in [0.2, 0.25) is 0 Å². The highest BCUT2D eigenvalue weighted by Gasteiger charge is 2.07. The van der Waals surface area contributed by atoms with E-state index in [2.05, 4.69) is 0 Å². The summed E-state index contributed by atoms with van der Waals surface area (Å²) in [6.07, 6.45) is -0.140. The van der Waals surface area contributed by atoms with E-state index in [0.29, 0.717) is 13.2 Å². The molecule has 0 aromatic rings. The molecule has 0 spiro atoms. The van der Waals surface area contributed by atoms with Crippen molar-refractivity contribution in [3.63, 3.8) is 0 Å². The van der Waals surface area contributed by atoms with Gasteiger partial charge in [0.1, 0.15) is 12.7 Å². The second kappa shape index (κ2) is 6.85. The minimum atomic E-state index is -0.140. The normalized spacial score (nSPS) is 11.9. The maximum atomic E-state index is 10.0. The van der Waals surface area contributed by atoms with Crippen LogP contribution in [0.25, 0.3) is 0 Å². The van der Waals surface area contributed by atoms with Crippen LogP contribution in [0, 0.1) is 0 Å². The van der Waals surface area contributed by atoms with Gasteiger partial charge in [-0.05, 0) is 0 Å². The smallest absolute Gasteiger partial charge is 0.176 e. The third-order valence-electron chi connectivity index (χ3n) is 1.32. The van der Waals surface area contributed by atoms with Gasteiger partial charge in [0.05, 0.1) is 6.61 Å². The molecular weight excluding hydrogens is 160 g/mol. The third-order valence-corrected chi connectivity index (χ3v) is 1.32. The van der Waals surface area contributed by atoms with Gasteiger partial charge >= 0.3 is 0 Å². The van der Waals surface area contributed by atoms with Crippen LogP contribution in [0.15, 0.2) is 5.76 Å². The van der Waals surface area contributed by atoms with E-state index in [1.54, 1.807) is 27.1 Å². The minimum absolute atomic E-state index is 0.140. The fraction of sp³-hybridized carbons (Fsp3) is 0.750. The van der Waals surface area contributed by atoms with Crippen LogP contribution < -0.4 is 0 Å². The number of allylic oxidation sites excluding steroid dienone is 1. The summed E-state index contributed by atoms with van der Waals surface area (Å²) >= 11 is 0. The fourth-order valence-corrected chi connectivity index (χ4v) is 0.617. The molecule has 0 aliphatic carbocycles. The van der Waals surface area contributed by atoms with Gasteiger partial charge in [-0.2, -0.15) is 0 Å². The minimum Gasteiger partial charge on any atom is -0.484 e. The van der Waals surface area contributed by atoms with E-state index in [1.165, 1.54) is 0 Å². The summed E-state index contributed by atoms with van der Waals surface area (Å²) in [5, 5.41) is 0. The topological polar surface area (TPSA) is 44.8 Å². The van der Waals surface area contributed by atoms with E-state index in [4.69, 9.17) is 14.2 Å². The highest BCUT2D eigenvalue weighted by molar-refractivity contribution is 5.48. The molecule has 0 aromatic heterocycles.